The lowest BCUT2D eigenvalue weighted by atomic mass is 9.99. The molecule has 2 aromatic carbocycles. The molecule has 2 unspecified atom stereocenters. The minimum absolute atomic E-state index is 0.0815. The van der Waals surface area contributed by atoms with Gasteiger partial charge in [-0.25, -0.2) is 8.78 Å². The van der Waals surface area contributed by atoms with Gasteiger partial charge >= 0.3 is 0 Å². The number of alkyl halides is 1. The third-order valence-corrected chi connectivity index (χ3v) is 4.32. The molecule has 2 aromatic rings. The normalized spacial score (nSPS) is 22.9. The summed E-state index contributed by atoms with van der Waals surface area (Å²) in [6, 6.07) is 9.12. The summed E-state index contributed by atoms with van der Waals surface area (Å²) in [5, 5.41) is 12.6. The van der Waals surface area contributed by atoms with Crippen LogP contribution in [0.4, 0.5) is 8.78 Å². The third-order valence-electron chi connectivity index (χ3n) is 4.32. The molecule has 2 atom stereocenters. The molecule has 0 saturated heterocycles. The number of phenols is 1. The Morgan fingerprint density at radius 1 is 1.35 bits per heavy atom. The third kappa shape index (κ3) is 2.77. The second kappa shape index (κ2) is 5.81. The van der Waals surface area contributed by atoms with Crippen molar-refractivity contribution in [3.63, 3.8) is 0 Å². The van der Waals surface area contributed by atoms with Gasteiger partial charge in [-0.05, 0) is 43.8 Å². The lowest BCUT2D eigenvalue weighted by molar-refractivity contribution is 0.0225. The standard InChI is InChI=1S/C18H19F2NO2/c1-11-15(22)4-3-5-16(11)23-17-14-8-13(19)7-6-12(14)9-18(17,20)10-21-2/h3-8,17,21-22H,9-10H2,1-2H3. The number of nitrogens with one attached hydrogen (secondary N) is 1. The molecule has 0 fully saturated rings. The van der Waals surface area contributed by atoms with Crippen LogP contribution in [0.15, 0.2) is 36.4 Å². The van der Waals surface area contributed by atoms with Gasteiger partial charge in [-0.15, -0.1) is 0 Å². The van der Waals surface area contributed by atoms with Crippen molar-refractivity contribution >= 4 is 0 Å². The summed E-state index contributed by atoms with van der Waals surface area (Å²) in [4.78, 5) is 0. The zero-order valence-electron chi connectivity index (χ0n) is 13.1. The van der Waals surface area contributed by atoms with Crippen molar-refractivity contribution in [2.45, 2.75) is 25.1 Å². The average molecular weight is 319 g/mol. The second-order valence-electron chi connectivity index (χ2n) is 5.98. The number of benzene rings is 2. The fraction of sp³-hybridized carbons (Fsp3) is 0.333. The summed E-state index contributed by atoms with van der Waals surface area (Å²) in [7, 11) is 1.67. The topological polar surface area (TPSA) is 41.5 Å². The molecule has 0 heterocycles. The van der Waals surface area contributed by atoms with E-state index in [1.54, 1.807) is 38.2 Å². The van der Waals surface area contributed by atoms with E-state index >= 15 is 4.39 Å². The van der Waals surface area contributed by atoms with Crippen molar-refractivity contribution < 1.29 is 18.6 Å². The predicted molar refractivity (Wildman–Crippen MR) is 84.1 cm³/mol. The highest BCUT2D eigenvalue weighted by atomic mass is 19.1. The van der Waals surface area contributed by atoms with E-state index < -0.39 is 17.6 Å². The van der Waals surface area contributed by atoms with Gasteiger partial charge in [0, 0.05) is 24.1 Å². The first kappa shape index (κ1) is 15.7. The smallest absolute Gasteiger partial charge is 0.168 e. The van der Waals surface area contributed by atoms with Gasteiger partial charge in [0.15, 0.2) is 11.8 Å². The fourth-order valence-corrected chi connectivity index (χ4v) is 3.13. The van der Waals surface area contributed by atoms with E-state index in [2.05, 4.69) is 5.32 Å². The van der Waals surface area contributed by atoms with Crippen LogP contribution in [0.3, 0.4) is 0 Å². The minimum Gasteiger partial charge on any atom is -0.508 e. The number of aromatic hydroxyl groups is 1. The molecular weight excluding hydrogens is 300 g/mol. The number of hydrogen-bond acceptors (Lipinski definition) is 3. The number of phenolic OH excluding ortho intramolecular Hbond substituents is 1. The van der Waals surface area contributed by atoms with E-state index in [1.165, 1.54) is 12.1 Å². The lowest BCUT2D eigenvalue weighted by Gasteiger charge is -2.29. The molecule has 0 bridgehead atoms. The quantitative estimate of drug-likeness (QED) is 0.907. The Morgan fingerprint density at radius 3 is 2.87 bits per heavy atom. The Kier molecular flexibility index (Phi) is 3.98. The number of halogens is 2. The van der Waals surface area contributed by atoms with Gasteiger partial charge in [0.05, 0.1) is 0 Å². The van der Waals surface area contributed by atoms with Crippen molar-refractivity contribution in [1.29, 1.82) is 0 Å². The van der Waals surface area contributed by atoms with Gasteiger partial charge in [0.1, 0.15) is 17.3 Å². The maximum atomic E-state index is 15.4. The summed E-state index contributed by atoms with van der Waals surface area (Å²) in [6.07, 6.45) is -0.771. The molecule has 2 N–H and O–H groups in total. The highest BCUT2D eigenvalue weighted by Gasteiger charge is 2.48. The number of hydrogen-bond donors (Lipinski definition) is 2. The Morgan fingerprint density at radius 2 is 2.13 bits per heavy atom. The lowest BCUT2D eigenvalue weighted by Crippen LogP contribution is -2.41. The summed E-state index contributed by atoms with van der Waals surface area (Å²) in [5.74, 6) is 0.0574. The molecule has 23 heavy (non-hydrogen) atoms. The zero-order chi connectivity index (χ0) is 16.6. The van der Waals surface area contributed by atoms with Crippen LogP contribution in [0.25, 0.3) is 0 Å². The summed E-state index contributed by atoms with van der Waals surface area (Å²) < 4.78 is 35.0. The van der Waals surface area contributed by atoms with Gasteiger partial charge in [-0.1, -0.05) is 12.1 Å². The molecular formula is C18H19F2NO2. The first-order valence-corrected chi connectivity index (χ1v) is 7.52. The van der Waals surface area contributed by atoms with Gasteiger partial charge in [-0.3, -0.25) is 0 Å². The molecule has 5 heteroatoms. The molecule has 3 nitrogen and oxygen atoms in total. The Bertz CT molecular complexity index is 735. The van der Waals surface area contributed by atoms with Crippen molar-refractivity contribution in [2.24, 2.45) is 0 Å². The average Bonchev–Trinajstić information content (AvgIpc) is 2.76. The molecule has 1 aliphatic carbocycles. The Labute approximate surface area is 133 Å². The van der Waals surface area contributed by atoms with E-state index in [0.717, 1.165) is 5.56 Å². The van der Waals surface area contributed by atoms with E-state index in [0.29, 0.717) is 16.9 Å². The molecule has 0 radical (unpaired) electrons. The fourth-order valence-electron chi connectivity index (χ4n) is 3.13. The minimum atomic E-state index is -1.68. The molecule has 122 valence electrons. The van der Waals surface area contributed by atoms with Crippen molar-refractivity contribution in [3.8, 4) is 11.5 Å². The molecule has 3 rings (SSSR count). The van der Waals surface area contributed by atoms with Crippen LogP contribution in [0, 0.1) is 12.7 Å². The Hall–Kier alpha value is -2.14. The van der Waals surface area contributed by atoms with E-state index in [4.69, 9.17) is 4.74 Å². The van der Waals surface area contributed by atoms with Crippen LogP contribution in [-0.2, 0) is 6.42 Å². The SMILES string of the molecule is CNCC1(F)Cc2ccc(F)cc2C1Oc1cccc(O)c1C. The maximum Gasteiger partial charge on any atom is 0.168 e. The zero-order valence-corrected chi connectivity index (χ0v) is 13.1. The maximum absolute atomic E-state index is 15.4. The van der Waals surface area contributed by atoms with Crippen LogP contribution in [0.1, 0.15) is 22.8 Å². The summed E-state index contributed by atoms with van der Waals surface area (Å²) >= 11 is 0. The molecule has 0 saturated carbocycles. The number of ether oxygens (including phenoxy) is 1. The first-order chi connectivity index (χ1) is 10.9. The summed E-state index contributed by atoms with van der Waals surface area (Å²) in [5.41, 5.74) is 0.115. The summed E-state index contributed by atoms with van der Waals surface area (Å²) in [6.45, 7) is 1.79. The molecule has 0 aliphatic heterocycles. The van der Waals surface area contributed by atoms with Gasteiger partial charge in [0.2, 0.25) is 0 Å². The first-order valence-electron chi connectivity index (χ1n) is 7.52. The monoisotopic (exact) mass is 319 g/mol. The van der Waals surface area contributed by atoms with Crippen LogP contribution < -0.4 is 10.1 Å². The number of rotatable bonds is 4. The predicted octanol–water partition coefficient (Wildman–Crippen LogP) is 3.44. The van der Waals surface area contributed by atoms with Crippen LogP contribution in [0.5, 0.6) is 11.5 Å². The van der Waals surface area contributed by atoms with Gasteiger partial charge in [0.25, 0.3) is 0 Å². The molecule has 0 amide bonds. The molecule has 0 aromatic heterocycles. The van der Waals surface area contributed by atoms with Crippen molar-refractivity contribution in [2.75, 3.05) is 13.6 Å². The van der Waals surface area contributed by atoms with Gasteiger partial charge in [-0.2, -0.15) is 0 Å². The van der Waals surface area contributed by atoms with E-state index in [9.17, 15) is 9.50 Å². The molecule has 1 aliphatic rings. The van der Waals surface area contributed by atoms with E-state index in [1.807, 2.05) is 0 Å². The van der Waals surface area contributed by atoms with Crippen LogP contribution in [0.2, 0.25) is 0 Å². The van der Waals surface area contributed by atoms with Gasteiger partial charge < -0.3 is 15.2 Å². The highest BCUT2D eigenvalue weighted by Crippen LogP contribution is 2.45. The van der Waals surface area contributed by atoms with Crippen molar-refractivity contribution in [1.82, 2.24) is 5.32 Å². The highest BCUT2D eigenvalue weighted by molar-refractivity contribution is 5.45. The van der Waals surface area contributed by atoms with E-state index in [-0.39, 0.29) is 18.7 Å². The molecule has 0 spiro atoms. The van der Waals surface area contributed by atoms with Crippen molar-refractivity contribution in [3.05, 3.63) is 58.9 Å². The number of fused-ring (bicyclic) bond motifs is 1. The Balaban J connectivity index is 2.03. The second-order valence-corrected chi connectivity index (χ2v) is 5.98. The van der Waals surface area contributed by atoms with Crippen LogP contribution in [-0.4, -0.2) is 24.4 Å². The van der Waals surface area contributed by atoms with Crippen LogP contribution >= 0.6 is 0 Å². The largest absolute Gasteiger partial charge is 0.508 e.